The number of hydrogen-bond acceptors (Lipinski definition) is 3. The van der Waals surface area contributed by atoms with Gasteiger partial charge in [0.05, 0.1) is 12.5 Å². The Bertz CT molecular complexity index is 381. The summed E-state index contributed by atoms with van der Waals surface area (Å²) in [6.45, 7) is 1.66. The normalized spacial score (nSPS) is 12.4. The summed E-state index contributed by atoms with van der Waals surface area (Å²) < 4.78 is 12.9. The highest BCUT2D eigenvalue weighted by Gasteiger charge is 2.10. The van der Waals surface area contributed by atoms with Gasteiger partial charge < -0.3 is 10.2 Å². The minimum Gasteiger partial charge on any atom is -0.481 e. The van der Waals surface area contributed by atoms with E-state index in [0.29, 0.717) is 5.56 Å². The lowest BCUT2D eigenvalue weighted by Crippen LogP contribution is -2.15. The number of aliphatic carboxylic acids is 1. The molecule has 0 aliphatic carbocycles. The van der Waals surface area contributed by atoms with Crippen molar-refractivity contribution in [1.82, 2.24) is 0 Å². The van der Waals surface area contributed by atoms with Gasteiger partial charge in [0.15, 0.2) is 0 Å². The molecular weight excluding hydrogens is 231 g/mol. The van der Waals surface area contributed by atoms with Crippen molar-refractivity contribution in [2.75, 3.05) is 5.75 Å². The Morgan fingerprint density at radius 2 is 2.25 bits per heavy atom. The molecule has 0 amide bonds. The van der Waals surface area contributed by atoms with E-state index in [0.717, 1.165) is 4.90 Å². The summed E-state index contributed by atoms with van der Waals surface area (Å²) in [6, 6.07) is 4.65. The average molecular weight is 244 g/mol. The summed E-state index contributed by atoms with van der Waals surface area (Å²) in [5.41, 5.74) is 0.540. The molecule has 0 bridgehead atoms. The molecule has 16 heavy (non-hydrogen) atoms. The Morgan fingerprint density at radius 3 is 2.81 bits per heavy atom. The van der Waals surface area contributed by atoms with Crippen molar-refractivity contribution in [2.24, 2.45) is 0 Å². The number of rotatable bonds is 5. The van der Waals surface area contributed by atoms with Crippen molar-refractivity contribution >= 4 is 17.7 Å². The maximum atomic E-state index is 12.9. The molecule has 2 N–H and O–H groups in total. The van der Waals surface area contributed by atoms with E-state index in [1.54, 1.807) is 19.1 Å². The number of benzene rings is 1. The molecular formula is C11H13FO3S. The van der Waals surface area contributed by atoms with E-state index in [1.807, 2.05) is 0 Å². The van der Waals surface area contributed by atoms with E-state index < -0.39 is 12.1 Å². The average Bonchev–Trinajstić information content (AvgIpc) is 2.19. The number of hydrogen-bond donors (Lipinski definition) is 2. The summed E-state index contributed by atoms with van der Waals surface area (Å²) >= 11 is 1.31. The van der Waals surface area contributed by atoms with Crippen LogP contribution in [0.25, 0.3) is 0 Å². The Morgan fingerprint density at radius 1 is 1.56 bits per heavy atom. The van der Waals surface area contributed by atoms with Gasteiger partial charge in [0.2, 0.25) is 0 Å². The number of carboxylic acid groups (broad SMARTS) is 1. The smallest absolute Gasteiger partial charge is 0.306 e. The lowest BCUT2D eigenvalue weighted by atomic mass is 10.2. The second-order valence-corrected chi connectivity index (χ2v) is 4.57. The molecule has 1 rings (SSSR count). The van der Waals surface area contributed by atoms with Crippen LogP contribution in [-0.2, 0) is 4.79 Å². The summed E-state index contributed by atoms with van der Waals surface area (Å²) in [5, 5.41) is 17.8. The summed E-state index contributed by atoms with van der Waals surface area (Å²) in [4.78, 5) is 11.1. The van der Waals surface area contributed by atoms with Gasteiger partial charge in [-0.25, -0.2) is 4.39 Å². The van der Waals surface area contributed by atoms with Gasteiger partial charge in [0.1, 0.15) is 5.82 Å². The molecule has 0 aliphatic heterocycles. The van der Waals surface area contributed by atoms with Crippen molar-refractivity contribution in [1.29, 1.82) is 0 Å². The van der Waals surface area contributed by atoms with Gasteiger partial charge in [-0.2, -0.15) is 0 Å². The molecule has 0 spiro atoms. The lowest BCUT2D eigenvalue weighted by Gasteiger charge is -2.08. The number of carboxylic acids is 1. The van der Waals surface area contributed by atoms with Crippen LogP contribution in [-0.4, -0.2) is 28.0 Å². The number of aliphatic hydroxyl groups is 1. The SMILES string of the molecule is Cc1cc(SCC(O)CC(=O)O)ccc1F. The van der Waals surface area contributed by atoms with Gasteiger partial charge in [-0.05, 0) is 30.7 Å². The van der Waals surface area contributed by atoms with E-state index in [9.17, 15) is 14.3 Å². The Hall–Kier alpha value is -1.07. The number of carbonyl (C=O) groups is 1. The molecule has 3 nitrogen and oxygen atoms in total. The largest absolute Gasteiger partial charge is 0.481 e. The van der Waals surface area contributed by atoms with Crippen LogP contribution in [0.2, 0.25) is 0 Å². The molecule has 0 fully saturated rings. The molecule has 88 valence electrons. The third kappa shape index (κ3) is 4.20. The van der Waals surface area contributed by atoms with Crippen LogP contribution in [0, 0.1) is 12.7 Å². The summed E-state index contributed by atoms with van der Waals surface area (Å²) in [7, 11) is 0. The van der Waals surface area contributed by atoms with Crippen LogP contribution in [0.15, 0.2) is 23.1 Å². The molecule has 0 aromatic heterocycles. The maximum absolute atomic E-state index is 12.9. The molecule has 1 atom stereocenters. The summed E-state index contributed by atoms with van der Waals surface area (Å²) in [5.74, 6) is -1.00. The van der Waals surface area contributed by atoms with Gasteiger partial charge in [-0.1, -0.05) is 0 Å². The molecule has 0 radical (unpaired) electrons. The predicted octanol–water partition coefficient (Wildman–Crippen LogP) is 2.06. The highest BCUT2D eigenvalue weighted by atomic mass is 32.2. The zero-order valence-electron chi connectivity index (χ0n) is 8.81. The third-order valence-electron chi connectivity index (χ3n) is 1.98. The molecule has 1 aromatic carbocycles. The zero-order valence-corrected chi connectivity index (χ0v) is 9.63. The van der Waals surface area contributed by atoms with Gasteiger partial charge in [0.25, 0.3) is 0 Å². The topological polar surface area (TPSA) is 57.5 Å². The van der Waals surface area contributed by atoms with E-state index in [2.05, 4.69) is 0 Å². The van der Waals surface area contributed by atoms with E-state index in [4.69, 9.17) is 5.11 Å². The fourth-order valence-corrected chi connectivity index (χ4v) is 2.09. The van der Waals surface area contributed by atoms with Crippen LogP contribution in [0.1, 0.15) is 12.0 Å². The number of thioether (sulfide) groups is 1. The van der Waals surface area contributed by atoms with E-state index in [-0.39, 0.29) is 18.0 Å². The van der Waals surface area contributed by atoms with Crippen LogP contribution in [0.3, 0.4) is 0 Å². The molecule has 0 aliphatic rings. The molecule has 0 saturated carbocycles. The Balaban J connectivity index is 2.48. The lowest BCUT2D eigenvalue weighted by molar-refractivity contribution is -0.138. The molecule has 0 heterocycles. The molecule has 1 unspecified atom stereocenters. The van der Waals surface area contributed by atoms with Gasteiger partial charge >= 0.3 is 5.97 Å². The van der Waals surface area contributed by atoms with Crippen molar-refractivity contribution < 1.29 is 19.4 Å². The van der Waals surface area contributed by atoms with E-state index in [1.165, 1.54) is 17.8 Å². The second kappa shape index (κ2) is 5.86. The van der Waals surface area contributed by atoms with Gasteiger partial charge in [0, 0.05) is 10.6 Å². The highest BCUT2D eigenvalue weighted by molar-refractivity contribution is 7.99. The monoisotopic (exact) mass is 244 g/mol. The number of aliphatic hydroxyl groups excluding tert-OH is 1. The first-order valence-electron chi connectivity index (χ1n) is 4.78. The standard InChI is InChI=1S/C11H13FO3S/c1-7-4-9(2-3-10(7)12)16-6-8(13)5-11(14)15/h2-4,8,13H,5-6H2,1H3,(H,14,15). The van der Waals surface area contributed by atoms with Crippen molar-refractivity contribution in [2.45, 2.75) is 24.3 Å². The number of halogens is 1. The fourth-order valence-electron chi connectivity index (χ4n) is 1.16. The molecule has 1 aromatic rings. The van der Waals surface area contributed by atoms with Crippen LogP contribution in [0.4, 0.5) is 4.39 Å². The predicted molar refractivity (Wildman–Crippen MR) is 60.1 cm³/mol. The van der Waals surface area contributed by atoms with E-state index >= 15 is 0 Å². The minimum atomic E-state index is -1.02. The molecule has 5 heteroatoms. The van der Waals surface area contributed by atoms with Gasteiger partial charge in [-0.3, -0.25) is 4.79 Å². The quantitative estimate of drug-likeness (QED) is 0.778. The van der Waals surface area contributed by atoms with Crippen molar-refractivity contribution in [3.8, 4) is 0 Å². The first-order valence-corrected chi connectivity index (χ1v) is 5.76. The van der Waals surface area contributed by atoms with Crippen LogP contribution < -0.4 is 0 Å². The maximum Gasteiger partial charge on any atom is 0.306 e. The molecule has 0 saturated heterocycles. The van der Waals surface area contributed by atoms with Crippen LogP contribution in [0.5, 0.6) is 0 Å². The first kappa shape index (κ1) is 13.0. The first-order chi connectivity index (χ1) is 7.49. The fraction of sp³-hybridized carbons (Fsp3) is 0.364. The second-order valence-electron chi connectivity index (χ2n) is 3.47. The third-order valence-corrected chi connectivity index (χ3v) is 3.12. The highest BCUT2D eigenvalue weighted by Crippen LogP contribution is 2.21. The van der Waals surface area contributed by atoms with Crippen molar-refractivity contribution in [3.63, 3.8) is 0 Å². The van der Waals surface area contributed by atoms with Crippen molar-refractivity contribution in [3.05, 3.63) is 29.6 Å². The van der Waals surface area contributed by atoms with Crippen LogP contribution >= 0.6 is 11.8 Å². The number of aryl methyl sites for hydroxylation is 1. The Kier molecular flexibility index (Phi) is 4.76. The Labute approximate surface area is 97.3 Å². The van der Waals surface area contributed by atoms with Gasteiger partial charge in [-0.15, -0.1) is 11.8 Å². The summed E-state index contributed by atoms with van der Waals surface area (Å²) in [6.07, 6.45) is -1.15. The zero-order chi connectivity index (χ0) is 12.1. The minimum absolute atomic E-state index is 0.268.